The van der Waals surface area contributed by atoms with E-state index >= 15 is 0 Å². The number of amides is 2. The normalized spacial score (nSPS) is 17.7. The molecule has 0 spiro atoms. The van der Waals surface area contributed by atoms with E-state index in [2.05, 4.69) is 10.3 Å². The molecule has 1 aromatic carbocycles. The number of nitrogens with one attached hydrogen (secondary N) is 1. The summed E-state index contributed by atoms with van der Waals surface area (Å²) in [5.41, 5.74) is 6.22. The van der Waals surface area contributed by atoms with Crippen LogP contribution in [0, 0.1) is 0 Å². The zero-order valence-corrected chi connectivity index (χ0v) is 15.9. The van der Waals surface area contributed by atoms with Crippen molar-refractivity contribution in [3.05, 3.63) is 18.3 Å². The van der Waals surface area contributed by atoms with E-state index in [1.54, 1.807) is 16.7 Å². The number of fused-ring (bicyclic) bond motifs is 3. The Balaban J connectivity index is 1.75. The highest BCUT2D eigenvalue weighted by Crippen LogP contribution is 2.41. The third-order valence-corrected chi connectivity index (χ3v) is 4.79. The number of carbonyl (C=O) groups is 2. The number of aromatic nitrogens is 2. The number of nitrogens with two attached hydrogens (primary N) is 1. The third kappa shape index (κ3) is 3.44. The number of hydrogen-bond donors (Lipinski definition) is 2. The number of rotatable bonds is 6. The van der Waals surface area contributed by atoms with Gasteiger partial charge in [0.2, 0.25) is 5.91 Å². The van der Waals surface area contributed by atoms with E-state index in [9.17, 15) is 18.4 Å². The van der Waals surface area contributed by atoms with Crippen LogP contribution in [0.25, 0.3) is 11.4 Å². The maximum absolute atomic E-state index is 13.3. The van der Waals surface area contributed by atoms with Gasteiger partial charge in [-0.2, -0.15) is 0 Å². The monoisotopic (exact) mass is 423 g/mol. The molecule has 0 saturated carbocycles. The Morgan fingerprint density at radius 3 is 2.93 bits per heavy atom. The van der Waals surface area contributed by atoms with Crippen molar-refractivity contribution in [1.29, 1.82) is 0 Å². The maximum Gasteiger partial charge on any atom is 0.416 e. The van der Waals surface area contributed by atoms with Crippen molar-refractivity contribution in [2.75, 3.05) is 37.1 Å². The van der Waals surface area contributed by atoms with Crippen LogP contribution in [0.4, 0.5) is 25.1 Å². The highest BCUT2D eigenvalue weighted by Gasteiger charge is 2.42. The predicted molar refractivity (Wildman–Crippen MR) is 101 cm³/mol. The zero-order valence-electron chi connectivity index (χ0n) is 15.9. The van der Waals surface area contributed by atoms with Crippen LogP contribution in [0.1, 0.15) is 0 Å². The van der Waals surface area contributed by atoms with E-state index in [0.29, 0.717) is 35.1 Å². The number of imidazole rings is 1. The van der Waals surface area contributed by atoms with E-state index in [-0.39, 0.29) is 19.0 Å². The molecule has 30 heavy (non-hydrogen) atoms. The number of primary amides is 1. The van der Waals surface area contributed by atoms with E-state index in [1.165, 1.54) is 13.3 Å². The van der Waals surface area contributed by atoms with Crippen molar-refractivity contribution in [3.63, 3.8) is 0 Å². The van der Waals surface area contributed by atoms with Gasteiger partial charge in [0.1, 0.15) is 36.6 Å². The fraction of sp³-hybridized carbons (Fsp3) is 0.389. The zero-order chi connectivity index (χ0) is 21.4. The molecule has 0 radical (unpaired) electrons. The Labute approximate surface area is 169 Å². The van der Waals surface area contributed by atoms with Gasteiger partial charge >= 0.3 is 6.09 Å². The topological polar surface area (TPSA) is 121 Å². The molecular formula is C18H19F2N5O5. The summed E-state index contributed by atoms with van der Waals surface area (Å²) in [5.74, 6) is 0.806. The maximum atomic E-state index is 13.3. The molecule has 4 rings (SSSR count). The number of ether oxygens (including phenoxy) is 3. The van der Waals surface area contributed by atoms with Crippen LogP contribution in [0.3, 0.4) is 0 Å². The molecule has 2 aromatic rings. The second kappa shape index (κ2) is 7.69. The molecule has 0 bridgehead atoms. The average Bonchev–Trinajstić information content (AvgIpc) is 3.25. The van der Waals surface area contributed by atoms with E-state index < -0.39 is 31.1 Å². The predicted octanol–water partition coefficient (Wildman–Crippen LogP) is 1.44. The first-order chi connectivity index (χ1) is 14.4. The van der Waals surface area contributed by atoms with Gasteiger partial charge in [-0.3, -0.25) is 4.79 Å². The second-order valence-electron chi connectivity index (χ2n) is 6.68. The highest BCUT2D eigenvalue weighted by atomic mass is 19.3. The molecule has 3 N–H and O–H groups in total. The molecule has 2 aliphatic rings. The lowest BCUT2D eigenvalue weighted by Gasteiger charge is -2.18. The van der Waals surface area contributed by atoms with Gasteiger partial charge in [0.25, 0.3) is 6.43 Å². The SMILES string of the molecule is COc1cc2c(cc1NCC(N)=O)OCCn1cc(N3C(=O)OCC3C(F)F)nc1-2. The largest absolute Gasteiger partial charge is 0.495 e. The Morgan fingerprint density at radius 1 is 1.43 bits per heavy atom. The molecule has 1 unspecified atom stereocenters. The molecule has 3 heterocycles. The van der Waals surface area contributed by atoms with Crippen LogP contribution in [-0.4, -0.2) is 60.9 Å². The van der Waals surface area contributed by atoms with Crippen molar-refractivity contribution in [1.82, 2.24) is 9.55 Å². The molecule has 160 valence electrons. The van der Waals surface area contributed by atoms with Gasteiger partial charge in [0.05, 0.1) is 31.5 Å². The third-order valence-electron chi connectivity index (χ3n) is 4.79. The minimum atomic E-state index is -2.77. The van der Waals surface area contributed by atoms with Crippen LogP contribution < -0.4 is 25.4 Å². The molecule has 1 aromatic heterocycles. The number of halogens is 2. The molecular weight excluding hydrogens is 404 g/mol. The molecule has 2 amide bonds. The Morgan fingerprint density at radius 2 is 2.23 bits per heavy atom. The minimum Gasteiger partial charge on any atom is -0.495 e. The number of carbonyl (C=O) groups excluding carboxylic acids is 2. The summed E-state index contributed by atoms with van der Waals surface area (Å²) < 4.78 is 44.3. The molecule has 2 aliphatic heterocycles. The average molecular weight is 423 g/mol. The fourth-order valence-corrected chi connectivity index (χ4v) is 3.39. The number of nitrogens with zero attached hydrogens (tertiary/aromatic N) is 3. The molecule has 1 atom stereocenters. The van der Waals surface area contributed by atoms with Crippen molar-refractivity contribution >= 4 is 23.5 Å². The molecule has 1 fully saturated rings. The number of cyclic esters (lactones) is 1. The summed E-state index contributed by atoms with van der Waals surface area (Å²) >= 11 is 0. The molecule has 1 saturated heterocycles. The molecule has 0 aliphatic carbocycles. The standard InChI is InChI=1S/C18H19F2N5O5/c1-28-13-4-9-12(5-10(13)22-6-14(21)26)29-3-2-24-7-15(23-17(9)24)25-11(16(19)20)8-30-18(25)27/h4-5,7,11,16,22H,2-3,6,8H2,1H3,(H2,21,26). The van der Waals surface area contributed by atoms with Gasteiger partial charge in [-0.25, -0.2) is 23.5 Å². The number of hydrogen-bond acceptors (Lipinski definition) is 7. The van der Waals surface area contributed by atoms with Gasteiger partial charge < -0.3 is 29.8 Å². The van der Waals surface area contributed by atoms with Crippen LogP contribution in [-0.2, 0) is 16.1 Å². The number of methoxy groups -OCH3 is 1. The number of benzene rings is 1. The summed E-state index contributed by atoms with van der Waals surface area (Å²) in [6.45, 7) is 0.160. The lowest BCUT2D eigenvalue weighted by atomic mass is 10.1. The van der Waals surface area contributed by atoms with Gasteiger partial charge in [-0.15, -0.1) is 0 Å². The van der Waals surface area contributed by atoms with Gasteiger partial charge in [-0.1, -0.05) is 0 Å². The lowest BCUT2D eigenvalue weighted by Crippen LogP contribution is -2.38. The minimum absolute atomic E-state index is 0.0700. The lowest BCUT2D eigenvalue weighted by molar-refractivity contribution is -0.116. The van der Waals surface area contributed by atoms with Crippen molar-refractivity contribution < 1.29 is 32.6 Å². The van der Waals surface area contributed by atoms with Gasteiger partial charge in [0, 0.05) is 12.3 Å². The van der Waals surface area contributed by atoms with Crippen molar-refractivity contribution in [2.45, 2.75) is 19.0 Å². The first kappa shape index (κ1) is 19.7. The molecule has 12 heteroatoms. The van der Waals surface area contributed by atoms with Crippen LogP contribution in [0.15, 0.2) is 18.3 Å². The van der Waals surface area contributed by atoms with Gasteiger partial charge in [-0.05, 0) is 6.07 Å². The van der Waals surface area contributed by atoms with Crippen LogP contribution in [0.5, 0.6) is 11.5 Å². The Hall–Kier alpha value is -3.57. The Kier molecular flexibility index (Phi) is 5.06. The van der Waals surface area contributed by atoms with E-state index in [1.807, 2.05) is 0 Å². The van der Waals surface area contributed by atoms with E-state index in [0.717, 1.165) is 4.90 Å². The van der Waals surface area contributed by atoms with Crippen LogP contribution in [0.2, 0.25) is 0 Å². The first-order valence-corrected chi connectivity index (χ1v) is 9.07. The second-order valence-corrected chi connectivity index (χ2v) is 6.68. The quantitative estimate of drug-likeness (QED) is 0.721. The number of anilines is 2. The van der Waals surface area contributed by atoms with Crippen molar-refractivity contribution in [3.8, 4) is 22.9 Å². The molecule has 10 nitrogen and oxygen atoms in total. The highest BCUT2D eigenvalue weighted by molar-refractivity contribution is 5.90. The summed E-state index contributed by atoms with van der Waals surface area (Å²) in [7, 11) is 1.46. The van der Waals surface area contributed by atoms with Crippen LogP contribution >= 0.6 is 0 Å². The fourth-order valence-electron chi connectivity index (χ4n) is 3.39. The first-order valence-electron chi connectivity index (χ1n) is 9.07. The smallest absolute Gasteiger partial charge is 0.416 e. The van der Waals surface area contributed by atoms with E-state index in [4.69, 9.17) is 19.9 Å². The summed E-state index contributed by atoms with van der Waals surface area (Å²) in [4.78, 5) is 28.4. The van der Waals surface area contributed by atoms with Crippen molar-refractivity contribution in [2.24, 2.45) is 5.73 Å². The summed E-state index contributed by atoms with van der Waals surface area (Å²) in [6, 6.07) is 1.90. The van der Waals surface area contributed by atoms with Gasteiger partial charge in [0.15, 0.2) is 5.82 Å². The Bertz CT molecular complexity index is 996. The summed E-state index contributed by atoms with van der Waals surface area (Å²) in [5, 5.41) is 2.87. The summed E-state index contributed by atoms with van der Waals surface area (Å²) in [6.07, 6.45) is -2.12. The number of alkyl halides is 2.